The third-order valence-corrected chi connectivity index (χ3v) is 4.66. The zero-order valence-electron chi connectivity index (χ0n) is 15.9. The van der Waals surface area contributed by atoms with Gasteiger partial charge in [-0.25, -0.2) is 4.79 Å². The van der Waals surface area contributed by atoms with Crippen molar-refractivity contribution in [1.29, 1.82) is 0 Å². The number of aromatic nitrogens is 2. The van der Waals surface area contributed by atoms with E-state index in [1.807, 2.05) is 37.2 Å². The summed E-state index contributed by atoms with van der Waals surface area (Å²) in [4.78, 5) is 24.6. The van der Waals surface area contributed by atoms with E-state index in [0.29, 0.717) is 31.3 Å². The molecule has 4 rings (SSSR count). The largest absolute Gasteiger partial charge is 0.471 e. The summed E-state index contributed by atoms with van der Waals surface area (Å²) in [7, 11) is 3.80. The van der Waals surface area contributed by atoms with Crippen molar-refractivity contribution in [2.45, 2.75) is 19.1 Å². The Kier molecular flexibility index (Phi) is 5.05. The molecule has 0 unspecified atom stereocenters. The van der Waals surface area contributed by atoms with Gasteiger partial charge in [0.05, 0.1) is 18.9 Å². The summed E-state index contributed by atoms with van der Waals surface area (Å²) in [6.45, 7) is 1.81. The van der Waals surface area contributed by atoms with Crippen molar-refractivity contribution >= 4 is 11.8 Å². The van der Waals surface area contributed by atoms with E-state index in [-0.39, 0.29) is 18.9 Å². The SMILES string of the molecule is CN(C)c1cncc(O[C@H]2CCN(C(=O)NCc3ccc4c(c3)OCO4)C2)n1. The van der Waals surface area contributed by atoms with Crippen LogP contribution in [0.1, 0.15) is 12.0 Å². The predicted molar refractivity (Wildman–Crippen MR) is 102 cm³/mol. The molecule has 9 nitrogen and oxygen atoms in total. The summed E-state index contributed by atoms with van der Waals surface area (Å²) < 4.78 is 16.6. The molecular formula is C19H23N5O4. The average Bonchev–Trinajstić information content (AvgIpc) is 3.35. The molecule has 2 aliphatic heterocycles. The minimum absolute atomic E-state index is 0.0944. The van der Waals surface area contributed by atoms with E-state index in [2.05, 4.69) is 15.3 Å². The third-order valence-electron chi connectivity index (χ3n) is 4.66. The molecule has 2 amide bonds. The van der Waals surface area contributed by atoms with Gasteiger partial charge in [0.25, 0.3) is 0 Å². The number of nitrogens with one attached hydrogen (secondary N) is 1. The Bertz CT molecular complexity index is 860. The Labute approximate surface area is 163 Å². The monoisotopic (exact) mass is 385 g/mol. The number of ether oxygens (including phenoxy) is 3. The van der Waals surface area contributed by atoms with Crippen LogP contribution in [0.2, 0.25) is 0 Å². The maximum atomic E-state index is 12.5. The van der Waals surface area contributed by atoms with E-state index < -0.39 is 0 Å². The van der Waals surface area contributed by atoms with Crippen LogP contribution in [-0.2, 0) is 6.54 Å². The normalized spacial score (nSPS) is 17.5. The first-order valence-corrected chi connectivity index (χ1v) is 9.16. The average molecular weight is 385 g/mol. The second kappa shape index (κ2) is 7.79. The van der Waals surface area contributed by atoms with Crippen molar-refractivity contribution in [1.82, 2.24) is 20.2 Å². The first-order chi connectivity index (χ1) is 13.6. The van der Waals surface area contributed by atoms with Gasteiger partial charge in [0.15, 0.2) is 17.3 Å². The van der Waals surface area contributed by atoms with Crippen LogP contribution >= 0.6 is 0 Å². The van der Waals surface area contributed by atoms with Crippen LogP contribution < -0.4 is 24.4 Å². The van der Waals surface area contributed by atoms with Gasteiger partial charge in [0.1, 0.15) is 6.10 Å². The topological polar surface area (TPSA) is 89.1 Å². The number of nitrogens with zero attached hydrogens (tertiary/aromatic N) is 4. The zero-order chi connectivity index (χ0) is 19.5. The molecule has 1 atom stereocenters. The number of anilines is 1. The minimum atomic E-state index is -0.114. The number of rotatable bonds is 5. The van der Waals surface area contributed by atoms with Gasteiger partial charge in [-0.1, -0.05) is 6.07 Å². The van der Waals surface area contributed by atoms with E-state index in [1.54, 1.807) is 17.3 Å². The van der Waals surface area contributed by atoms with Crippen LogP contribution in [0.5, 0.6) is 17.4 Å². The molecule has 1 saturated heterocycles. The number of benzene rings is 1. The lowest BCUT2D eigenvalue weighted by Crippen LogP contribution is -2.39. The van der Waals surface area contributed by atoms with Crippen LogP contribution in [0.15, 0.2) is 30.6 Å². The summed E-state index contributed by atoms with van der Waals surface area (Å²) in [6.07, 6.45) is 3.93. The molecule has 1 N–H and O–H groups in total. The highest BCUT2D eigenvalue weighted by Crippen LogP contribution is 2.32. The highest BCUT2D eigenvalue weighted by Gasteiger charge is 2.28. The number of hydrogen-bond acceptors (Lipinski definition) is 7. The molecule has 2 aliphatic rings. The fourth-order valence-electron chi connectivity index (χ4n) is 3.13. The first-order valence-electron chi connectivity index (χ1n) is 9.16. The van der Waals surface area contributed by atoms with E-state index in [4.69, 9.17) is 14.2 Å². The lowest BCUT2D eigenvalue weighted by Gasteiger charge is -2.18. The minimum Gasteiger partial charge on any atom is -0.471 e. The molecule has 0 saturated carbocycles. The first kappa shape index (κ1) is 18.1. The highest BCUT2D eigenvalue weighted by atomic mass is 16.7. The fraction of sp³-hybridized carbons (Fsp3) is 0.421. The van der Waals surface area contributed by atoms with Gasteiger partial charge in [-0.3, -0.25) is 4.98 Å². The van der Waals surface area contributed by atoms with Crippen LogP contribution in [0.25, 0.3) is 0 Å². The maximum Gasteiger partial charge on any atom is 0.317 e. The van der Waals surface area contributed by atoms with Crippen LogP contribution in [-0.4, -0.2) is 61.0 Å². The van der Waals surface area contributed by atoms with Gasteiger partial charge >= 0.3 is 6.03 Å². The Morgan fingerprint density at radius 2 is 2.18 bits per heavy atom. The number of likely N-dealkylation sites (tertiary alicyclic amines) is 1. The van der Waals surface area contributed by atoms with Crippen molar-refractivity contribution < 1.29 is 19.0 Å². The molecule has 0 spiro atoms. The van der Waals surface area contributed by atoms with E-state index >= 15 is 0 Å². The van der Waals surface area contributed by atoms with E-state index in [9.17, 15) is 4.79 Å². The molecule has 1 aromatic heterocycles. The number of fused-ring (bicyclic) bond motifs is 1. The lowest BCUT2D eigenvalue weighted by atomic mass is 10.2. The molecule has 9 heteroatoms. The van der Waals surface area contributed by atoms with Crippen molar-refractivity contribution in [3.8, 4) is 17.4 Å². The van der Waals surface area contributed by atoms with Gasteiger partial charge in [-0.15, -0.1) is 0 Å². The number of amides is 2. The smallest absolute Gasteiger partial charge is 0.317 e. The molecule has 3 heterocycles. The zero-order valence-corrected chi connectivity index (χ0v) is 15.9. The summed E-state index contributed by atoms with van der Waals surface area (Å²) in [5, 5.41) is 2.94. The fourth-order valence-corrected chi connectivity index (χ4v) is 3.13. The summed E-state index contributed by atoms with van der Waals surface area (Å²) in [5.74, 6) is 2.64. The standard InChI is InChI=1S/C19H23N5O4/c1-23(2)17-9-20-10-18(22-17)28-14-5-6-24(11-14)19(25)21-8-13-3-4-15-16(7-13)27-12-26-15/h3-4,7,9-10,14H,5-6,8,11-12H2,1-2H3,(H,21,25)/t14-/m0/s1. The molecule has 0 radical (unpaired) electrons. The van der Waals surface area contributed by atoms with Gasteiger partial charge in [-0.05, 0) is 17.7 Å². The molecule has 1 aromatic carbocycles. The number of carbonyl (C=O) groups excluding carboxylic acids is 1. The molecule has 1 fully saturated rings. The van der Waals surface area contributed by atoms with E-state index in [1.165, 1.54) is 0 Å². The Balaban J connectivity index is 1.28. The van der Waals surface area contributed by atoms with Crippen molar-refractivity contribution in [3.63, 3.8) is 0 Å². The van der Waals surface area contributed by atoms with Crippen LogP contribution in [0.4, 0.5) is 10.6 Å². The second-order valence-electron chi connectivity index (χ2n) is 6.93. The summed E-state index contributed by atoms with van der Waals surface area (Å²) >= 11 is 0. The third kappa shape index (κ3) is 4.03. The van der Waals surface area contributed by atoms with Crippen molar-refractivity contribution in [3.05, 3.63) is 36.2 Å². The van der Waals surface area contributed by atoms with Gasteiger partial charge in [-0.2, -0.15) is 4.98 Å². The molecular weight excluding hydrogens is 362 g/mol. The van der Waals surface area contributed by atoms with Crippen LogP contribution in [0.3, 0.4) is 0 Å². The predicted octanol–water partition coefficient (Wildman–Crippen LogP) is 1.63. The number of hydrogen-bond donors (Lipinski definition) is 1. The molecule has 28 heavy (non-hydrogen) atoms. The van der Waals surface area contributed by atoms with Gasteiger partial charge in [0.2, 0.25) is 12.7 Å². The molecule has 0 bridgehead atoms. The lowest BCUT2D eigenvalue weighted by molar-refractivity contribution is 0.174. The Hall–Kier alpha value is -3.23. The molecule has 2 aromatic rings. The Morgan fingerprint density at radius 3 is 3.04 bits per heavy atom. The van der Waals surface area contributed by atoms with E-state index in [0.717, 1.165) is 23.6 Å². The maximum absolute atomic E-state index is 12.5. The number of urea groups is 1. The van der Waals surface area contributed by atoms with Crippen LogP contribution in [0, 0.1) is 0 Å². The van der Waals surface area contributed by atoms with Gasteiger partial charge in [0, 0.05) is 33.6 Å². The molecule has 148 valence electrons. The van der Waals surface area contributed by atoms with Crippen molar-refractivity contribution in [2.24, 2.45) is 0 Å². The summed E-state index contributed by atoms with van der Waals surface area (Å²) in [5.41, 5.74) is 0.959. The molecule has 0 aliphatic carbocycles. The Morgan fingerprint density at radius 1 is 1.32 bits per heavy atom. The van der Waals surface area contributed by atoms with Gasteiger partial charge < -0.3 is 29.3 Å². The summed E-state index contributed by atoms with van der Waals surface area (Å²) in [6, 6.07) is 5.54. The highest BCUT2D eigenvalue weighted by molar-refractivity contribution is 5.74. The quantitative estimate of drug-likeness (QED) is 0.837. The second-order valence-corrected chi connectivity index (χ2v) is 6.93. The van der Waals surface area contributed by atoms with Crippen molar-refractivity contribution in [2.75, 3.05) is 38.9 Å². The number of carbonyl (C=O) groups is 1.